The Hall–Kier alpha value is -0.590. The van der Waals surface area contributed by atoms with Gasteiger partial charge >= 0.3 is 0 Å². The van der Waals surface area contributed by atoms with Crippen LogP contribution >= 0.6 is 0 Å². The molecule has 1 nitrogen and oxygen atoms in total. The van der Waals surface area contributed by atoms with Gasteiger partial charge in [0.15, 0.2) is 0 Å². The van der Waals surface area contributed by atoms with E-state index in [4.69, 9.17) is 0 Å². The first-order valence-corrected chi connectivity index (χ1v) is 4.77. The molecule has 0 spiro atoms. The zero-order chi connectivity index (χ0) is 9.14. The van der Waals surface area contributed by atoms with Gasteiger partial charge < -0.3 is 4.79 Å². The van der Waals surface area contributed by atoms with Crippen LogP contribution in [0.25, 0.3) is 0 Å². The van der Waals surface area contributed by atoms with E-state index in [2.05, 4.69) is 26.8 Å². The molecule has 0 bridgehead atoms. The van der Waals surface area contributed by atoms with Crippen molar-refractivity contribution in [3.05, 3.63) is 11.6 Å². The summed E-state index contributed by atoms with van der Waals surface area (Å²) in [4.78, 5) is 10.4. The van der Waals surface area contributed by atoms with E-state index in [1.54, 1.807) is 0 Å². The van der Waals surface area contributed by atoms with Crippen LogP contribution in [0.5, 0.6) is 0 Å². The molecular weight excluding hydrogens is 148 g/mol. The van der Waals surface area contributed by atoms with Crippen LogP contribution in [0.4, 0.5) is 0 Å². The molecule has 1 rings (SSSR count). The van der Waals surface area contributed by atoms with Crippen LogP contribution in [0.1, 0.15) is 33.6 Å². The highest BCUT2D eigenvalue weighted by molar-refractivity contribution is 5.50. The first kappa shape index (κ1) is 9.50. The molecule has 1 aliphatic rings. The molecule has 0 aromatic heterocycles. The summed E-state index contributed by atoms with van der Waals surface area (Å²) in [5.41, 5.74) is 1.41. The SMILES string of the molecule is CC1=CC(C)C(C)C[C@H]1CC=O. The van der Waals surface area contributed by atoms with Crippen molar-refractivity contribution in [3.63, 3.8) is 0 Å². The summed E-state index contributed by atoms with van der Waals surface area (Å²) in [6, 6.07) is 0. The molecule has 68 valence electrons. The van der Waals surface area contributed by atoms with E-state index >= 15 is 0 Å². The minimum Gasteiger partial charge on any atom is -0.303 e. The molecule has 12 heavy (non-hydrogen) atoms. The maximum atomic E-state index is 10.4. The molecule has 1 aliphatic carbocycles. The second kappa shape index (κ2) is 3.88. The standard InChI is InChI=1S/C11H18O/c1-8-6-10(3)11(4-5-12)7-9(8)2/h5-6,8-9,11H,4,7H2,1-3H3/t8?,9?,11-/m1/s1. The highest BCUT2D eigenvalue weighted by Crippen LogP contribution is 2.33. The fourth-order valence-electron chi connectivity index (χ4n) is 1.96. The predicted octanol–water partition coefficient (Wildman–Crippen LogP) is 2.81. The molecule has 0 heterocycles. The first-order valence-electron chi connectivity index (χ1n) is 4.77. The number of rotatable bonds is 2. The van der Waals surface area contributed by atoms with Crippen molar-refractivity contribution in [1.82, 2.24) is 0 Å². The lowest BCUT2D eigenvalue weighted by atomic mass is 9.76. The molecule has 0 amide bonds. The highest BCUT2D eigenvalue weighted by atomic mass is 16.1. The third kappa shape index (κ3) is 1.96. The molecular formula is C11H18O. The van der Waals surface area contributed by atoms with Gasteiger partial charge in [0.1, 0.15) is 6.29 Å². The van der Waals surface area contributed by atoms with Crippen molar-refractivity contribution in [1.29, 1.82) is 0 Å². The van der Waals surface area contributed by atoms with Crippen LogP contribution in [0.3, 0.4) is 0 Å². The van der Waals surface area contributed by atoms with Gasteiger partial charge in [-0.2, -0.15) is 0 Å². The lowest BCUT2D eigenvalue weighted by molar-refractivity contribution is -0.108. The molecule has 0 fully saturated rings. The number of hydrogen-bond donors (Lipinski definition) is 0. The Morgan fingerprint density at radius 3 is 2.83 bits per heavy atom. The Balaban J connectivity index is 2.67. The quantitative estimate of drug-likeness (QED) is 0.455. The lowest BCUT2D eigenvalue weighted by Crippen LogP contribution is -2.19. The molecule has 0 N–H and O–H groups in total. The maximum Gasteiger partial charge on any atom is 0.120 e. The third-order valence-electron chi connectivity index (χ3n) is 3.10. The maximum absolute atomic E-state index is 10.4. The summed E-state index contributed by atoms with van der Waals surface area (Å²) in [7, 11) is 0. The van der Waals surface area contributed by atoms with E-state index in [0.29, 0.717) is 18.3 Å². The van der Waals surface area contributed by atoms with Crippen LogP contribution in [-0.4, -0.2) is 6.29 Å². The predicted molar refractivity (Wildman–Crippen MR) is 50.9 cm³/mol. The summed E-state index contributed by atoms with van der Waals surface area (Å²) in [6.07, 6.45) is 5.26. The van der Waals surface area contributed by atoms with Crippen molar-refractivity contribution in [3.8, 4) is 0 Å². The second-order valence-corrected chi connectivity index (χ2v) is 4.08. The van der Waals surface area contributed by atoms with Crippen LogP contribution in [-0.2, 0) is 4.79 Å². The summed E-state index contributed by atoms with van der Waals surface area (Å²) < 4.78 is 0. The Morgan fingerprint density at radius 1 is 1.58 bits per heavy atom. The second-order valence-electron chi connectivity index (χ2n) is 4.08. The van der Waals surface area contributed by atoms with Crippen molar-refractivity contribution < 1.29 is 4.79 Å². The van der Waals surface area contributed by atoms with E-state index < -0.39 is 0 Å². The Kier molecular flexibility index (Phi) is 3.07. The van der Waals surface area contributed by atoms with Crippen molar-refractivity contribution in [2.45, 2.75) is 33.6 Å². The van der Waals surface area contributed by atoms with Gasteiger partial charge in [0.2, 0.25) is 0 Å². The normalized spacial score (nSPS) is 35.9. The minimum atomic E-state index is 0.522. The topological polar surface area (TPSA) is 17.1 Å². The first-order chi connectivity index (χ1) is 5.65. The molecule has 2 unspecified atom stereocenters. The van der Waals surface area contributed by atoms with E-state index in [1.807, 2.05) is 0 Å². The number of carbonyl (C=O) groups excluding carboxylic acids is 1. The Morgan fingerprint density at radius 2 is 2.25 bits per heavy atom. The van der Waals surface area contributed by atoms with Gasteiger partial charge in [-0.1, -0.05) is 25.5 Å². The van der Waals surface area contributed by atoms with Gasteiger partial charge in [0.25, 0.3) is 0 Å². The molecule has 0 saturated heterocycles. The van der Waals surface area contributed by atoms with Gasteiger partial charge in [0, 0.05) is 6.42 Å². The Bertz CT molecular complexity index is 193. The monoisotopic (exact) mass is 166 g/mol. The van der Waals surface area contributed by atoms with Crippen molar-refractivity contribution in [2.24, 2.45) is 17.8 Å². The average Bonchev–Trinajstić information content (AvgIpc) is 2.01. The fourth-order valence-corrected chi connectivity index (χ4v) is 1.96. The number of allylic oxidation sites excluding steroid dienone is 2. The van der Waals surface area contributed by atoms with E-state index in [0.717, 1.165) is 12.2 Å². The van der Waals surface area contributed by atoms with E-state index in [9.17, 15) is 4.79 Å². The summed E-state index contributed by atoms with van der Waals surface area (Å²) in [5.74, 6) is 1.94. The van der Waals surface area contributed by atoms with Crippen LogP contribution in [0.15, 0.2) is 11.6 Å². The molecule has 0 aliphatic heterocycles. The van der Waals surface area contributed by atoms with Crippen molar-refractivity contribution in [2.75, 3.05) is 0 Å². The fraction of sp³-hybridized carbons (Fsp3) is 0.727. The molecule has 0 radical (unpaired) electrons. The van der Waals surface area contributed by atoms with Crippen molar-refractivity contribution >= 4 is 6.29 Å². The zero-order valence-corrected chi connectivity index (χ0v) is 8.21. The van der Waals surface area contributed by atoms with E-state index in [-0.39, 0.29) is 0 Å². The van der Waals surface area contributed by atoms with Gasteiger partial charge in [-0.05, 0) is 31.1 Å². The largest absolute Gasteiger partial charge is 0.303 e. The molecule has 0 aromatic carbocycles. The number of hydrogen-bond acceptors (Lipinski definition) is 1. The smallest absolute Gasteiger partial charge is 0.120 e. The zero-order valence-electron chi connectivity index (χ0n) is 8.21. The summed E-state index contributed by atoms with van der Waals surface area (Å²) in [5, 5.41) is 0. The van der Waals surface area contributed by atoms with Gasteiger partial charge in [0.05, 0.1) is 0 Å². The highest BCUT2D eigenvalue weighted by Gasteiger charge is 2.23. The van der Waals surface area contributed by atoms with Gasteiger partial charge in [-0.15, -0.1) is 0 Å². The number of carbonyl (C=O) groups is 1. The summed E-state index contributed by atoms with van der Waals surface area (Å²) in [6.45, 7) is 6.67. The number of aldehydes is 1. The van der Waals surface area contributed by atoms with Gasteiger partial charge in [-0.25, -0.2) is 0 Å². The summed E-state index contributed by atoms with van der Waals surface area (Å²) >= 11 is 0. The molecule has 3 atom stereocenters. The van der Waals surface area contributed by atoms with Crippen LogP contribution in [0.2, 0.25) is 0 Å². The molecule has 1 heteroatoms. The minimum absolute atomic E-state index is 0.522. The third-order valence-corrected chi connectivity index (χ3v) is 3.10. The van der Waals surface area contributed by atoms with Crippen LogP contribution in [0, 0.1) is 17.8 Å². The molecule has 0 saturated carbocycles. The van der Waals surface area contributed by atoms with Crippen LogP contribution < -0.4 is 0 Å². The Labute approximate surface area is 74.9 Å². The lowest BCUT2D eigenvalue weighted by Gasteiger charge is -2.29. The van der Waals surface area contributed by atoms with E-state index in [1.165, 1.54) is 12.0 Å². The van der Waals surface area contributed by atoms with Gasteiger partial charge in [-0.3, -0.25) is 0 Å². The average molecular weight is 166 g/mol. The molecule has 0 aromatic rings.